The molecule has 2 amide bonds. The SMILES string of the molecule is CCC(C(=O)NC1CCCCC1)N(Cc1ccc(Cl)cc1Cl)C(=O)CCCOc1ccc(OC)cc1. The summed E-state index contributed by atoms with van der Waals surface area (Å²) in [4.78, 5) is 28.4. The molecule has 0 spiro atoms. The van der Waals surface area contributed by atoms with Crippen molar-refractivity contribution in [3.8, 4) is 11.5 Å². The van der Waals surface area contributed by atoms with Crippen LogP contribution in [0.1, 0.15) is 63.9 Å². The molecule has 6 nitrogen and oxygen atoms in total. The van der Waals surface area contributed by atoms with Crippen LogP contribution < -0.4 is 14.8 Å². The maximum Gasteiger partial charge on any atom is 0.243 e. The molecule has 0 aromatic heterocycles. The van der Waals surface area contributed by atoms with Crippen molar-refractivity contribution in [2.24, 2.45) is 0 Å². The van der Waals surface area contributed by atoms with Crippen molar-refractivity contribution in [3.05, 3.63) is 58.1 Å². The van der Waals surface area contributed by atoms with Gasteiger partial charge in [-0.2, -0.15) is 0 Å². The van der Waals surface area contributed by atoms with E-state index in [1.54, 1.807) is 24.1 Å². The zero-order chi connectivity index (χ0) is 25.9. The monoisotopic (exact) mass is 534 g/mol. The number of carbonyl (C=O) groups excluding carboxylic acids is 2. The van der Waals surface area contributed by atoms with E-state index in [2.05, 4.69) is 5.32 Å². The second kappa shape index (κ2) is 14.3. The summed E-state index contributed by atoms with van der Waals surface area (Å²) in [5, 5.41) is 4.20. The molecule has 0 bridgehead atoms. The number of rotatable bonds is 12. The highest BCUT2D eigenvalue weighted by Crippen LogP contribution is 2.25. The third-order valence-corrected chi connectivity index (χ3v) is 7.14. The molecule has 3 rings (SSSR count). The van der Waals surface area contributed by atoms with Crippen LogP contribution in [0.4, 0.5) is 0 Å². The summed E-state index contributed by atoms with van der Waals surface area (Å²) in [6.07, 6.45) is 6.73. The minimum Gasteiger partial charge on any atom is -0.497 e. The predicted molar refractivity (Wildman–Crippen MR) is 144 cm³/mol. The van der Waals surface area contributed by atoms with E-state index in [0.29, 0.717) is 35.2 Å². The Bertz CT molecular complexity index is 994. The van der Waals surface area contributed by atoms with Crippen molar-refractivity contribution in [3.63, 3.8) is 0 Å². The van der Waals surface area contributed by atoms with Gasteiger partial charge in [0, 0.05) is 29.1 Å². The number of hydrogen-bond donors (Lipinski definition) is 1. The fraction of sp³-hybridized carbons (Fsp3) is 0.500. The standard InChI is InChI=1S/C28H36Cl2N2O4/c1-3-26(28(34)31-22-8-5-4-6-9-22)32(19-20-11-12-21(29)18-25(20)30)27(33)10-7-17-36-24-15-13-23(35-2)14-16-24/h11-16,18,22,26H,3-10,17,19H2,1-2H3,(H,31,34). The lowest BCUT2D eigenvalue weighted by molar-refractivity contribution is -0.142. The fourth-order valence-corrected chi connectivity index (χ4v) is 4.99. The first-order valence-corrected chi connectivity index (χ1v) is 13.5. The van der Waals surface area contributed by atoms with E-state index in [1.165, 1.54) is 6.42 Å². The van der Waals surface area contributed by atoms with Crippen molar-refractivity contribution in [1.82, 2.24) is 10.2 Å². The summed E-state index contributed by atoms with van der Waals surface area (Å²) in [6.45, 7) is 2.56. The Labute approximate surface area is 224 Å². The zero-order valence-electron chi connectivity index (χ0n) is 21.1. The molecular formula is C28H36Cl2N2O4. The van der Waals surface area contributed by atoms with E-state index in [1.807, 2.05) is 37.3 Å². The average Bonchev–Trinajstić information content (AvgIpc) is 2.88. The molecule has 0 aliphatic heterocycles. The molecular weight excluding hydrogens is 499 g/mol. The summed E-state index contributed by atoms with van der Waals surface area (Å²) in [5.41, 5.74) is 0.757. The molecule has 8 heteroatoms. The van der Waals surface area contributed by atoms with Crippen molar-refractivity contribution in [2.75, 3.05) is 13.7 Å². The molecule has 2 aromatic rings. The van der Waals surface area contributed by atoms with E-state index in [0.717, 1.165) is 37.0 Å². The summed E-state index contributed by atoms with van der Waals surface area (Å²) < 4.78 is 10.9. The Kier molecular flexibility index (Phi) is 11.2. The van der Waals surface area contributed by atoms with Gasteiger partial charge in [-0.25, -0.2) is 0 Å². The van der Waals surface area contributed by atoms with Crippen molar-refractivity contribution >= 4 is 35.0 Å². The lowest BCUT2D eigenvalue weighted by Gasteiger charge is -2.33. The third kappa shape index (κ3) is 8.31. The Morgan fingerprint density at radius 1 is 1.06 bits per heavy atom. The van der Waals surface area contributed by atoms with Gasteiger partial charge in [-0.3, -0.25) is 9.59 Å². The topological polar surface area (TPSA) is 67.9 Å². The van der Waals surface area contributed by atoms with Gasteiger partial charge in [-0.1, -0.05) is 55.5 Å². The number of benzene rings is 2. The van der Waals surface area contributed by atoms with Crippen LogP contribution >= 0.6 is 23.2 Å². The average molecular weight is 536 g/mol. The number of methoxy groups -OCH3 is 1. The van der Waals surface area contributed by atoms with Gasteiger partial charge in [0.05, 0.1) is 13.7 Å². The van der Waals surface area contributed by atoms with Gasteiger partial charge in [0.2, 0.25) is 11.8 Å². The molecule has 1 atom stereocenters. The number of ether oxygens (including phenoxy) is 2. The van der Waals surface area contributed by atoms with Crippen LogP contribution in [0.5, 0.6) is 11.5 Å². The van der Waals surface area contributed by atoms with Crippen LogP contribution in [0, 0.1) is 0 Å². The largest absolute Gasteiger partial charge is 0.497 e. The van der Waals surface area contributed by atoms with Gasteiger partial charge in [-0.05, 0) is 67.6 Å². The second-order valence-electron chi connectivity index (χ2n) is 9.15. The first-order valence-electron chi connectivity index (χ1n) is 12.7. The van der Waals surface area contributed by atoms with Crippen LogP contribution in [0.15, 0.2) is 42.5 Å². The number of hydrogen-bond acceptors (Lipinski definition) is 4. The minimum absolute atomic E-state index is 0.0997. The maximum atomic E-state index is 13.4. The minimum atomic E-state index is -0.575. The highest BCUT2D eigenvalue weighted by molar-refractivity contribution is 6.35. The van der Waals surface area contributed by atoms with Crippen LogP contribution in [-0.4, -0.2) is 42.5 Å². The Morgan fingerprint density at radius 2 is 1.75 bits per heavy atom. The van der Waals surface area contributed by atoms with E-state index in [9.17, 15) is 9.59 Å². The molecule has 1 unspecified atom stereocenters. The first kappa shape index (κ1) is 28.1. The lowest BCUT2D eigenvalue weighted by Crippen LogP contribution is -2.51. The molecule has 2 aromatic carbocycles. The van der Waals surface area contributed by atoms with Crippen molar-refractivity contribution < 1.29 is 19.1 Å². The van der Waals surface area contributed by atoms with Gasteiger partial charge >= 0.3 is 0 Å². The molecule has 36 heavy (non-hydrogen) atoms. The fourth-order valence-electron chi connectivity index (χ4n) is 4.53. The first-order chi connectivity index (χ1) is 17.4. The zero-order valence-corrected chi connectivity index (χ0v) is 22.6. The van der Waals surface area contributed by atoms with Crippen molar-refractivity contribution in [2.45, 2.75) is 76.9 Å². The maximum absolute atomic E-state index is 13.4. The second-order valence-corrected chi connectivity index (χ2v) is 10.00. The van der Waals surface area contributed by atoms with Gasteiger partial charge < -0.3 is 19.7 Å². The molecule has 196 valence electrons. The molecule has 1 saturated carbocycles. The predicted octanol–water partition coefficient (Wildman–Crippen LogP) is 6.42. The Hall–Kier alpha value is -2.44. The van der Waals surface area contributed by atoms with Crippen LogP contribution in [0.25, 0.3) is 0 Å². The number of halogens is 2. The van der Waals surface area contributed by atoms with Gasteiger partial charge in [0.1, 0.15) is 17.5 Å². The number of amides is 2. The van der Waals surface area contributed by atoms with E-state index >= 15 is 0 Å². The normalized spacial score (nSPS) is 14.7. The molecule has 0 radical (unpaired) electrons. The molecule has 0 heterocycles. The number of nitrogens with zero attached hydrogens (tertiary/aromatic N) is 1. The van der Waals surface area contributed by atoms with E-state index in [4.69, 9.17) is 32.7 Å². The highest BCUT2D eigenvalue weighted by Gasteiger charge is 2.30. The Morgan fingerprint density at radius 3 is 2.39 bits per heavy atom. The van der Waals surface area contributed by atoms with Gasteiger partial charge in [0.15, 0.2) is 0 Å². The summed E-state index contributed by atoms with van der Waals surface area (Å²) >= 11 is 12.5. The Balaban J connectivity index is 1.66. The number of carbonyl (C=O) groups is 2. The molecule has 0 saturated heterocycles. The third-order valence-electron chi connectivity index (χ3n) is 6.56. The molecule has 1 aliphatic rings. The summed E-state index contributed by atoms with van der Waals surface area (Å²) in [5.74, 6) is 1.26. The summed E-state index contributed by atoms with van der Waals surface area (Å²) in [6, 6.07) is 12.1. The van der Waals surface area contributed by atoms with Crippen LogP contribution in [0.3, 0.4) is 0 Å². The van der Waals surface area contributed by atoms with Gasteiger partial charge in [-0.15, -0.1) is 0 Å². The molecule has 1 aliphatic carbocycles. The lowest BCUT2D eigenvalue weighted by atomic mass is 9.95. The van der Waals surface area contributed by atoms with Crippen molar-refractivity contribution in [1.29, 1.82) is 0 Å². The molecule has 1 N–H and O–H groups in total. The van der Waals surface area contributed by atoms with Gasteiger partial charge in [0.25, 0.3) is 0 Å². The summed E-state index contributed by atoms with van der Waals surface area (Å²) in [7, 11) is 1.61. The smallest absolute Gasteiger partial charge is 0.243 e. The van der Waals surface area contributed by atoms with E-state index < -0.39 is 6.04 Å². The van der Waals surface area contributed by atoms with Crippen LogP contribution in [0.2, 0.25) is 10.0 Å². The van der Waals surface area contributed by atoms with Crippen LogP contribution in [-0.2, 0) is 16.1 Å². The highest BCUT2D eigenvalue weighted by atomic mass is 35.5. The molecule has 1 fully saturated rings. The quantitative estimate of drug-likeness (QED) is 0.319. The number of nitrogens with one attached hydrogen (secondary N) is 1. The van der Waals surface area contributed by atoms with E-state index in [-0.39, 0.29) is 30.8 Å².